The fourth-order valence-electron chi connectivity index (χ4n) is 2.89. The van der Waals surface area contributed by atoms with Gasteiger partial charge in [-0.15, -0.1) is 0 Å². The zero-order valence-electron chi connectivity index (χ0n) is 12.3. The van der Waals surface area contributed by atoms with Gasteiger partial charge >= 0.3 is 0 Å². The summed E-state index contributed by atoms with van der Waals surface area (Å²) in [5, 5.41) is 0. The van der Waals surface area contributed by atoms with Gasteiger partial charge in [0.15, 0.2) is 0 Å². The third-order valence-corrected chi connectivity index (χ3v) is 4.02. The van der Waals surface area contributed by atoms with Crippen molar-refractivity contribution < 1.29 is 4.79 Å². The molecule has 0 N–H and O–H groups in total. The molecule has 0 radical (unpaired) electrons. The van der Waals surface area contributed by atoms with Gasteiger partial charge in [-0.2, -0.15) is 0 Å². The lowest BCUT2D eigenvalue weighted by atomic mass is 9.97. The van der Waals surface area contributed by atoms with Crippen LogP contribution in [0.2, 0.25) is 0 Å². The summed E-state index contributed by atoms with van der Waals surface area (Å²) in [6, 6.07) is 9.24. The van der Waals surface area contributed by atoms with Crippen molar-refractivity contribution >= 4 is 11.6 Å². The molecule has 108 valence electrons. The second kappa shape index (κ2) is 5.20. The highest BCUT2D eigenvalue weighted by Gasteiger charge is 2.25. The first-order chi connectivity index (χ1) is 10.1. The first kappa shape index (κ1) is 13.6. The first-order valence-corrected chi connectivity index (χ1v) is 7.15. The number of aryl methyl sites for hydroxylation is 3. The van der Waals surface area contributed by atoms with Gasteiger partial charge < -0.3 is 9.47 Å². The monoisotopic (exact) mass is 282 g/mol. The van der Waals surface area contributed by atoms with Crippen LogP contribution in [0, 0.1) is 6.92 Å². The van der Waals surface area contributed by atoms with Crippen molar-refractivity contribution in [3.8, 4) is 0 Å². The van der Waals surface area contributed by atoms with E-state index in [9.17, 15) is 9.59 Å². The molecule has 2 heterocycles. The molecule has 0 fully saturated rings. The normalized spacial score (nSPS) is 13.9. The molecular formula is C17H18N2O2. The summed E-state index contributed by atoms with van der Waals surface area (Å²) in [6.07, 6.45) is 3.59. The number of nitrogens with zero attached hydrogens (tertiary/aromatic N) is 2. The van der Waals surface area contributed by atoms with Gasteiger partial charge in [-0.05, 0) is 37.0 Å². The maximum atomic E-state index is 12.8. The molecule has 1 aliphatic rings. The fraction of sp³-hybridized carbons (Fsp3) is 0.294. The summed E-state index contributed by atoms with van der Waals surface area (Å²) in [5.74, 6) is -0.0945. The molecule has 21 heavy (non-hydrogen) atoms. The molecule has 0 aliphatic carbocycles. The Balaban J connectivity index is 2.04. The zero-order valence-corrected chi connectivity index (χ0v) is 12.3. The summed E-state index contributed by atoms with van der Waals surface area (Å²) in [4.78, 5) is 26.3. The SMILES string of the molecule is Cc1cccc2c1N(C(=O)c1ccn(C)c(=O)c1)CCC2. The topological polar surface area (TPSA) is 42.3 Å². The molecule has 3 rings (SSSR count). The standard InChI is InChI=1S/C17H18N2O2/c1-12-5-3-6-13-7-4-9-19(16(12)13)17(21)14-8-10-18(2)15(20)11-14/h3,5-6,8,10-11H,4,7,9H2,1-2H3. The predicted molar refractivity (Wildman–Crippen MR) is 82.9 cm³/mol. The maximum absolute atomic E-state index is 12.8. The molecule has 4 heteroatoms. The molecule has 1 aromatic heterocycles. The van der Waals surface area contributed by atoms with Crippen molar-refractivity contribution in [1.82, 2.24) is 4.57 Å². The van der Waals surface area contributed by atoms with Crippen LogP contribution in [0.5, 0.6) is 0 Å². The number of aromatic nitrogens is 1. The van der Waals surface area contributed by atoms with Crippen LogP contribution in [-0.2, 0) is 13.5 Å². The van der Waals surface area contributed by atoms with E-state index >= 15 is 0 Å². The molecule has 0 atom stereocenters. The van der Waals surface area contributed by atoms with Gasteiger partial charge in [-0.1, -0.05) is 18.2 Å². The highest BCUT2D eigenvalue weighted by molar-refractivity contribution is 6.07. The van der Waals surface area contributed by atoms with E-state index < -0.39 is 0 Å². The van der Waals surface area contributed by atoms with Crippen LogP contribution in [-0.4, -0.2) is 17.0 Å². The van der Waals surface area contributed by atoms with E-state index in [4.69, 9.17) is 0 Å². The molecule has 4 nitrogen and oxygen atoms in total. The smallest absolute Gasteiger partial charge is 0.258 e. The van der Waals surface area contributed by atoms with Crippen LogP contribution in [0.1, 0.15) is 27.9 Å². The maximum Gasteiger partial charge on any atom is 0.258 e. The Bertz CT molecular complexity index is 762. The number of rotatable bonds is 1. The lowest BCUT2D eigenvalue weighted by Gasteiger charge is -2.31. The summed E-state index contributed by atoms with van der Waals surface area (Å²) in [7, 11) is 1.68. The van der Waals surface area contributed by atoms with Crippen LogP contribution in [0.25, 0.3) is 0 Å². The molecule has 0 spiro atoms. The highest BCUT2D eigenvalue weighted by atomic mass is 16.2. The lowest BCUT2D eigenvalue weighted by molar-refractivity contribution is 0.0984. The van der Waals surface area contributed by atoms with Gasteiger partial charge in [0.25, 0.3) is 11.5 Å². The fourth-order valence-corrected chi connectivity index (χ4v) is 2.89. The average molecular weight is 282 g/mol. The minimum Gasteiger partial charge on any atom is -0.319 e. The molecular weight excluding hydrogens is 264 g/mol. The molecule has 2 aromatic rings. The Morgan fingerprint density at radius 2 is 2.05 bits per heavy atom. The van der Waals surface area contributed by atoms with Gasteiger partial charge in [0.05, 0.1) is 5.69 Å². The van der Waals surface area contributed by atoms with Crippen molar-refractivity contribution in [2.75, 3.05) is 11.4 Å². The van der Waals surface area contributed by atoms with Gasteiger partial charge in [0.2, 0.25) is 0 Å². The van der Waals surface area contributed by atoms with E-state index in [1.54, 1.807) is 19.3 Å². The second-order valence-corrected chi connectivity index (χ2v) is 5.51. The molecule has 0 saturated heterocycles. The van der Waals surface area contributed by atoms with Gasteiger partial charge in [0, 0.05) is 31.4 Å². The van der Waals surface area contributed by atoms with Crippen LogP contribution < -0.4 is 10.5 Å². The number of anilines is 1. The Morgan fingerprint density at radius 3 is 2.81 bits per heavy atom. The van der Waals surface area contributed by atoms with Gasteiger partial charge in [-0.25, -0.2) is 0 Å². The average Bonchev–Trinajstić information content (AvgIpc) is 2.49. The van der Waals surface area contributed by atoms with Crippen molar-refractivity contribution in [1.29, 1.82) is 0 Å². The number of pyridine rings is 1. The third kappa shape index (κ3) is 2.37. The molecule has 1 amide bonds. The number of carbonyl (C=O) groups is 1. The number of amides is 1. The number of para-hydroxylation sites is 1. The number of hydrogen-bond acceptors (Lipinski definition) is 2. The lowest BCUT2D eigenvalue weighted by Crippen LogP contribution is -2.36. The van der Waals surface area contributed by atoms with E-state index in [2.05, 4.69) is 6.07 Å². The Morgan fingerprint density at radius 1 is 1.24 bits per heavy atom. The Kier molecular flexibility index (Phi) is 3.37. The van der Waals surface area contributed by atoms with Crippen LogP contribution in [0.4, 0.5) is 5.69 Å². The summed E-state index contributed by atoms with van der Waals surface area (Å²) < 4.78 is 1.46. The third-order valence-electron chi connectivity index (χ3n) is 4.02. The van der Waals surface area contributed by atoms with E-state index in [-0.39, 0.29) is 11.5 Å². The van der Waals surface area contributed by atoms with Crippen molar-refractivity contribution in [3.05, 3.63) is 63.6 Å². The Hall–Kier alpha value is -2.36. The molecule has 0 bridgehead atoms. The number of hydrogen-bond donors (Lipinski definition) is 0. The van der Waals surface area contributed by atoms with E-state index in [0.29, 0.717) is 12.1 Å². The molecule has 1 aromatic carbocycles. The summed E-state index contributed by atoms with van der Waals surface area (Å²) >= 11 is 0. The van der Waals surface area contributed by atoms with E-state index in [1.807, 2.05) is 24.0 Å². The van der Waals surface area contributed by atoms with Crippen LogP contribution in [0.15, 0.2) is 41.3 Å². The van der Waals surface area contributed by atoms with E-state index in [0.717, 1.165) is 24.1 Å². The number of benzene rings is 1. The predicted octanol–water partition coefficient (Wildman–Crippen LogP) is 2.29. The van der Waals surface area contributed by atoms with Gasteiger partial charge in [-0.3, -0.25) is 9.59 Å². The summed E-state index contributed by atoms with van der Waals surface area (Å²) in [5.41, 5.74) is 3.61. The quantitative estimate of drug-likeness (QED) is 0.805. The van der Waals surface area contributed by atoms with Crippen molar-refractivity contribution in [3.63, 3.8) is 0 Å². The highest BCUT2D eigenvalue weighted by Crippen LogP contribution is 2.31. The van der Waals surface area contributed by atoms with Crippen LogP contribution in [0.3, 0.4) is 0 Å². The first-order valence-electron chi connectivity index (χ1n) is 7.15. The second-order valence-electron chi connectivity index (χ2n) is 5.51. The number of fused-ring (bicyclic) bond motifs is 1. The van der Waals surface area contributed by atoms with Crippen LogP contribution >= 0.6 is 0 Å². The molecule has 0 unspecified atom stereocenters. The van der Waals surface area contributed by atoms with Crippen molar-refractivity contribution in [2.45, 2.75) is 19.8 Å². The Labute approximate surface area is 123 Å². The molecule has 1 aliphatic heterocycles. The largest absolute Gasteiger partial charge is 0.319 e. The number of carbonyl (C=O) groups excluding carboxylic acids is 1. The molecule has 0 saturated carbocycles. The zero-order chi connectivity index (χ0) is 15.0. The minimum absolute atomic E-state index is 0.0945. The summed E-state index contributed by atoms with van der Waals surface area (Å²) in [6.45, 7) is 2.72. The van der Waals surface area contributed by atoms with Crippen molar-refractivity contribution in [2.24, 2.45) is 7.05 Å². The minimum atomic E-state index is -0.164. The van der Waals surface area contributed by atoms with E-state index in [1.165, 1.54) is 16.2 Å². The van der Waals surface area contributed by atoms with Gasteiger partial charge in [0.1, 0.15) is 0 Å².